The summed E-state index contributed by atoms with van der Waals surface area (Å²) < 4.78 is 0. The molecule has 0 radical (unpaired) electrons. The summed E-state index contributed by atoms with van der Waals surface area (Å²) in [5.74, 6) is 9.52. The maximum Gasteiger partial charge on any atom is -0.0320 e. The van der Waals surface area contributed by atoms with E-state index in [-0.39, 0.29) is 0 Å². The van der Waals surface area contributed by atoms with Crippen LogP contribution in [0.4, 0.5) is 0 Å². The highest BCUT2D eigenvalue weighted by Crippen LogP contribution is 2.60. The Morgan fingerprint density at radius 1 is 0.794 bits per heavy atom. The molecule has 2 rings (SSSR count). The maximum absolute atomic E-state index is 2.69. The van der Waals surface area contributed by atoms with Gasteiger partial charge in [0, 0.05) is 0 Å². The summed E-state index contributed by atoms with van der Waals surface area (Å²) in [6, 6.07) is 0. The number of hydrogen-bond acceptors (Lipinski definition) is 0. The van der Waals surface area contributed by atoms with E-state index in [1.54, 1.807) is 0 Å². The molecule has 2 fully saturated rings. The van der Waals surface area contributed by atoms with E-state index in [0.29, 0.717) is 5.41 Å². The van der Waals surface area contributed by atoms with E-state index in [4.69, 9.17) is 0 Å². The summed E-state index contributed by atoms with van der Waals surface area (Å²) >= 11 is 0. The minimum atomic E-state index is 0.593. The van der Waals surface area contributed by atoms with E-state index in [1.165, 1.54) is 83.5 Å². The van der Waals surface area contributed by atoms with E-state index in [9.17, 15) is 0 Å². The number of hydrogen-bond donors (Lipinski definition) is 0. The molecule has 2 saturated carbocycles. The molecule has 0 saturated heterocycles. The standard InChI is InChI=1S/C34H66/c1-11-15-16-19-32-30(14-4)33(32)27(9)26(8)28-20-21-34(10,22-28)23-29(17-12-2)31(18-13-3)25(7)24(5)6/h24-33H,11-23H2,1-10H3. The molecular formula is C34H66. The maximum atomic E-state index is 2.69. The molecule has 0 N–H and O–H groups in total. The summed E-state index contributed by atoms with van der Waals surface area (Å²) in [4.78, 5) is 0. The van der Waals surface area contributed by atoms with Crippen molar-refractivity contribution in [2.45, 2.75) is 153 Å². The third kappa shape index (κ3) is 7.75. The lowest BCUT2D eigenvalue weighted by Gasteiger charge is -2.39. The van der Waals surface area contributed by atoms with Crippen molar-refractivity contribution in [1.82, 2.24) is 0 Å². The highest BCUT2D eigenvalue weighted by molar-refractivity contribution is 5.01. The smallest absolute Gasteiger partial charge is 0.0320 e. The van der Waals surface area contributed by atoms with Gasteiger partial charge in [0.25, 0.3) is 0 Å². The molecule has 0 amide bonds. The molecule has 0 bridgehead atoms. The van der Waals surface area contributed by atoms with Crippen molar-refractivity contribution in [3.63, 3.8) is 0 Å². The minimum absolute atomic E-state index is 0.593. The fourth-order valence-electron chi connectivity index (χ4n) is 8.88. The van der Waals surface area contributed by atoms with Gasteiger partial charge in [-0.15, -0.1) is 0 Å². The van der Waals surface area contributed by atoms with Crippen LogP contribution in [0.2, 0.25) is 0 Å². The third-order valence-corrected chi connectivity index (χ3v) is 11.4. The molecule has 0 heteroatoms. The quantitative estimate of drug-likeness (QED) is 0.184. The molecule has 202 valence electrons. The molecule has 2 aliphatic carbocycles. The van der Waals surface area contributed by atoms with E-state index >= 15 is 0 Å². The predicted octanol–water partition coefficient (Wildman–Crippen LogP) is 11.4. The van der Waals surface area contributed by atoms with Crippen molar-refractivity contribution < 1.29 is 0 Å². The molecule has 0 nitrogen and oxygen atoms in total. The second-order valence-electron chi connectivity index (χ2n) is 14.1. The average molecular weight is 475 g/mol. The zero-order valence-corrected chi connectivity index (χ0v) is 25.5. The van der Waals surface area contributed by atoms with Crippen molar-refractivity contribution in [3.05, 3.63) is 0 Å². The molecule has 0 aromatic heterocycles. The van der Waals surface area contributed by atoms with Crippen molar-refractivity contribution in [1.29, 1.82) is 0 Å². The van der Waals surface area contributed by atoms with Crippen LogP contribution in [0, 0.1) is 64.6 Å². The molecular weight excluding hydrogens is 408 g/mol. The largest absolute Gasteiger partial charge is 0.0654 e. The van der Waals surface area contributed by atoms with Crippen LogP contribution in [0.15, 0.2) is 0 Å². The Labute approximate surface area is 217 Å². The molecule has 0 heterocycles. The highest BCUT2D eigenvalue weighted by Gasteiger charge is 2.53. The lowest BCUT2D eigenvalue weighted by atomic mass is 9.66. The van der Waals surface area contributed by atoms with Crippen LogP contribution < -0.4 is 0 Å². The fourth-order valence-corrected chi connectivity index (χ4v) is 8.88. The van der Waals surface area contributed by atoms with E-state index in [1.807, 2.05) is 0 Å². The van der Waals surface area contributed by atoms with Crippen LogP contribution in [0.1, 0.15) is 153 Å². The monoisotopic (exact) mass is 475 g/mol. The van der Waals surface area contributed by atoms with Crippen molar-refractivity contribution in [2.75, 3.05) is 0 Å². The van der Waals surface area contributed by atoms with E-state index in [2.05, 4.69) is 69.2 Å². The third-order valence-electron chi connectivity index (χ3n) is 11.4. The molecule has 2 aliphatic rings. The Hall–Kier alpha value is 0. The topological polar surface area (TPSA) is 0 Å². The van der Waals surface area contributed by atoms with Gasteiger partial charge in [0.05, 0.1) is 0 Å². The second-order valence-corrected chi connectivity index (χ2v) is 14.1. The van der Waals surface area contributed by atoms with Gasteiger partial charge in [-0.3, -0.25) is 0 Å². The molecule has 0 aliphatic heterocycles. The molecule has 0 aromatic rings. The summed E-state index contributed by atoms with van der Waals surface area (Å²) in [6.07, 6.45) is 18.8. The van der Waals surface area contributed by atoms with Gasteiger partial charge in [0.15, 0.2) is 0 Å². The van der Waals surface area contributed by atoms with Gasteiger partial charge < -0.3 is 0 Å². The van der Waals surface area contributed by atoms with Gasteiger partial charge in [0.2, 0.25) is 0 Å². The first-order valence-corrected chi connectivity index (χ1v) is 16.1. The molecule has 0 spiro atoms. The summed E-state index contributed by atoms with van der Waals surface area (Å²) in [5, 5.41) is 0. The van der Waals surface area contributed by atoms with Crippen molar-refractivity contribution in [2.24, 2.45) is 64.6 Å². The first-order valence-electron chi connectivity index (χ1n) is 16.1. The number of rotatable bonds is 17. The van der Waals surface area contributed by atoms with Crippen LogP contribution >= 0.6 is 0 Å². The summed E-state index contributed by atoms with van der Waals surface area (Å²) in [7, 11) is 0. The first-order chi connectivity index (χ1) is 16.1. The zero-order valence-electron chi connectivity index (χ0n) is 25.5. The lowest BCUT2D eigenvalue weighted by Crippen LogP contribution is -2.30. The summed E-state index contributed by atoms with van der Waals surface area (Å²) in [5.41, 5.74) is 0.593. The number of unbranched alkanes of at least 4 members (excludes halogenated alkanes) is 2. The van der Waals surface area contributed by atoms with Crippen molar-refractivity contribution >= 4 is 0 Å². The zero-order chi connectivity index (χ0) is 25.5. The van der Waals surface area contributed by atoms with Crippen LogP contribution in [-0.4, -0.2) is 0 Å². The van der Waals surface area contributed by atoms with Crippen LogP contribution in [0.3, 0.4) is 0 Å². The van der Waals surface area contributed by atoms with Gasteiger partial charge >= 0.3 is 0 Å². The van der Waals surface area contributed by atoms with Crippen molar-refractivity contribution in [3.8, 4) is 0 Å². The Kier molecular flexibility index (Phi) is 12.5. The average Bonchev–Trinajstić information content (AvgIpc) is 3.37. The fraction of sp³-hybridized carbons (Fsp3) is 1.00. The van der Waals surface area contributed by atoms with Crippen LogP contribution in [-0.2, 0) is 0 Å². The normalized spacial score (nSPS) is 33.6. The Balaban J connectivity index is 2.00. The summed E-state index contributed by atoms with van der Waals surface area (Å²) in [6.45, 7) is 25.1. The van der Waals surface area contributed by atoms with E-state index < -0.39 is 0 Å². The molecule has 0 aromatic carbocycles. The van der Waals surface area contributed by atoms with Crippen LogP contribution in [0.25, 0.3) is 0 Å². The minimum Gasteiger partial charge on any atom is -0.0654 e. The first kappa shape index (κ1) is 30.2. The van der Waals surface area contributed by atoms with Gasteiger partial charge in [-0.1, -0.05) is 121 Å². The Morgan fingerprint density at radius 3 is 2.03 bits per heavy atom. The van der Waals surface area contributed by atoms with Gasteiger partial charge in [-0.25, -0.2) is 0 Å². The predicted molar refractivity (Wildman–Crippen MR) is 154 cm³/mol. The highest BCUT2D eigenvalue weighted by atomic mass is 14.6. The SMILES string of the molecule is CCCCCC1C(CC)C1C(C)C(C)C1CCC(C)(CC(CCC)C(CCC)C(C)C(C)C)C1. The van der Waals surface area contributed by atoms with Gasteiger partial charge in [-0.2, -0.15) is 0 Å². The molecule has 10 unspecified atom stereocenters. The Bertz CT molecular complexity index is 548. The Morgan fingerprint density at radius 2 is 1.47 bits per heavy atom. The molecule has 34 heavy (non-hydrogen) atoms. The second kappa shape index (κ2) is 14.1. The lowest BCUT2D eigenvalue weighted by molar-refractivity contribution is 0.110. The molecule has 10 atom stereocenters. The van der Waals surface area contributed by atoms with E-state index in [0.717, 1.165) is 59.2 Å². The van der Waals surface area contributed by atoms with Gasteiger partial charge in [-0.05, 0) is 96.7 Å². The van der Waals surface area contributed by atoms with Crippen LogP contribution in [0.5, 0.6) is 0 Å². The van der Waals surface area contributed by atoms with Gasteiger partial charge in [0.1, 0.15) is 0 Å².